The summed E-state index contributed by atoms with van der Waals surface area (Å²) >= 11 is 5.93. The van der Waals surface area contributed by atoms with Gasteiger partial charge in [-0.15, -0.1) is 12.4 Å². The molecular formula is C15H22Cl2N2O. The molecule has 0 heterocycles. The zero-order valence-electron chi connectivity index (χ0n) is 11.7. The summed E-state index contributed by atoms with van der Waals surface area (Å²) in [5.74, 6) is 0.102. The van der Waals surface area contributed by atoms with Crippen LogP contribution in [0.15, 0.2) is 24.3 Å². The number of carbonyl (C=O) groups excluding carboxylic acids is 1. The van der Waals surface area contributed by atoms with Crippen molar-refractivity contribution in [3.8, 4) is 0 Å². The van der Waals surface area contributed by atoms with E-state index >= 15 is 0 Å². The number of nitrogens with two attached hydrogens (primary N) is 1. The van der Waals surface area contributed by atoms with Crippen molar-refractivity contribution >= 4 is 29.9 Å². The van der Waals surface area contributed by atoms with Crippen LogP contribution in [0.5, 0.6) is 0 Å². The number of halogens is 2. The number of rotatable bonds is 4. The lowest BCUT2D eigenvalue weighted by atomic mass is 9.78. The summed E-state index contributed by atoms with van der Waals surface area (Å²) in [6.45, 7) is 2.39. The highest BCUT2D eigenvalue weighted by Crippen LogP contribution is 2.41. The number of carbonyl (C=O) groups is 1. The third-order valence-electron chi connectivity index (χ3n) is 4.02. The molecule has 0 bridgehead atoms. The quantitative estimate of drug-likeness (QED) is 0.897. The van der Waals surface area contributed by atoms with Crippen LogP contribution in [-0.2, 0) is 10.2 Å². The second kappa shape index (κ2) is 7.30. The van der Waals surface area contributed by atoms with Gasteiger partial charge < -0.3 is 11.1 Å². The molecule has 1 saturated carbocycles. The Balaban J connectivity index is 0.00000200. The van der Waals surface area contributed by atoms with E-state index in [2.05, 4.69) is 5.32 Å². The predicted octanol–water partition coefficient (Wildman–Crippen LogP) is 3.04. The van der Waals surface area contributed by atoms with Gasteiger partial charge in [0.25, 0.3) is 0 Å². The van der Waals surface area contributed by atoms with E-state index in [9.17, 15) is 4.79 Å². The summed E-state index contributed by atoms with van der Waals surface area (Å²) in [6.07, 6.45) is 3.98. The zero-order valence-corrected chi connectivity index (χ0v) is 13.3. The summed E-state index contributed by atoms with van der Waals surface area (Å²) in [4.78, 5) is 12.6. The van der Waals surface area contributed by atoms with Gasteiger partial charge >= 0.3 is 0 Å². The van der Waals surface area contributed by atoms with Crippen LogP contribution in [0.3, 0.4) is 0 Å². The van der Waals surface area contributed by atoms with E-state index in [1.807, 2.05) is 31.2 Å². The van der Waals surface area contributed by atoms with Crippen LogP contribution in [0.25, 0.3) is 0 Å². The van der Waals surface area contributed by atoms with Crippen molar-refractivity contribution < 1.29 is 4.79 Å². The monoisotopic (exact) mass is 316 g/mol. The molecule has 1 amide bonds. The second-order valence-electron chi connectivity index (χ2n) is 5.41. The van der Waals surface area contributed by atoms with Gasteiger partial charge in [0, 0.05) is 17.6 Å². The number of nitrogens with one attached hydrogen (secondary N) is 1. The van der Waals surface area contributed by atoms with Crippen molar-refractivity contribution in [2.24, 2.45) is 5.73 Å². The Morgan fingerprint density at radius 1 is 1.35 bits per heavy atom. The normalized spacial score (nSPS) is 18.1. The Morgan fingerprint density at radius 2 is 1.90 bits per heavy atom. The fraction of sp³-hybridized carbons (Fsp3) is 0.533. The van der Waals surface area contributed by atoms with Gasteiger partial charge in [0.15, 0.2) is 0 Å². The van der Waals surface area contributed by atoms with Crippen molar-refractivity contribution in [1.82, 2.24) is 5.32 Å². The molecule has 0 saturated heterocycles. The van der Waals surface area contributed by atoms with Crippen LogP contribution < -0.4 is 11.1 Å². The van der Waals surface area contributed by atoms with Crippen LogP contribution >= 0.6 is 24.0 Å². The molecule has 112 valence electrons. The number of benzene rings is 1. The first-order chi connectivity index (χ1) is 9.08. The van der Waals surface area contributed by atoms with Crippen LogP contribution in [0.2, 0.25) is 5.02 Å². The number of amides is 1. The third kappa shape index (κ3) is 3.46. The van der Waals surface area contributed by atoms with Crippen LogP contribution in [-0.4, -0.2) is 18.5 Å². The van der Waals surface area contributed by atoms with E-state index in [-0.39, 0.29) is 24.4 Å². The molecular weight excluding hydrogens is 295 g/mol. The summed E-state index contributed by atoms with van der Waals surface area (Å²) in [5.41, 5.74) is 6.26. The maximum atomic E-state index is 12.6. The topological polar surface area (TPSA) is 55.1 Å². The molecule has 0 radical (unpaired) electrons. The molecule has 1 fully saturated rings. The van der Waals surface area contributed by atoms with Gasteiger partial charge in [0.2, 0.25) is 5.91 Å². The van der Waals surface area contributed by atoms with Crippen LogP contribution in [0, 0.1) is 0 Å². The Morgan fingerprint density at radius 3 is 2.40 bits per heavy atom. The lowest BCUT2D eigenvalue weighted by Gasteiger charge is -2.30. The highest BCUT2D eigenvalue weighted by Gasteiger charge is 2.42. The lowest BCUT2D eigenvalue weighted by molar-refractivity contribution is -0.127. The minimum Gasteiger partial charge on any atom is -0.352 e. The van der Waals surface area contributed by atoms with Gasteiger partial charge in [0.1, 0.15) is 0 Å². The van der Waals surface area contributed by atoms with Crippen molar-refractivity contribution in [3.63, 3.8) is 0 Å². The molecule has 0 aromatic heterocycles. The molecule has 1 aliphatic carbocycles. The molecule has 0 aliphatic heterocycles. The largest absolute Gasteiger partial charge is 0.352 e. The summed E-state index contributed by atoms with van der Waals surface area (Å²) in [7, 11) is 0. The van der Waals surface area contributed by atoms with Crippen molar-refractivity contribution in [2.45, 2.75) is 44.1 Å². The smallest absolute Gasteiger partial charge is 0.230 e. The molecule has 3 nitrogen and oxygen atoms in total. The van der Waals surface area contributed by atoms with Crippen molar-refractivity contribution in [1.29, 1.82) is 0 Å². The van der Waals surface area contributed by atoms with Crippen molar-refractivity contribution in [3.05, 3.63) is 34.9 Å². The molecule has 0 unspecified atom stereocenters. The Bertz CT molecular complexity index is 442. The fourth-order valence-electron chi connectivity index (χ4n) is 2.82. The first-order valence-corrected chi connectivity index (χ1v) is 7.23. The predicted molar refractivity (Wildman–Crippen MR) is 85.5 cm³/mol. The minimum atomic E-state index is -0.395. The van der Waals surface area contributed by atoms with E-state index in [0.29, 0.717) is 11.6 Å². The SMILES string of the molecule is C[C@@H](CN)NC(=O)C1(c2ccc(Cl)cc2)CCCC1.Cl. The maximum Gasteiger partial charge on any atom is 0.230 e. The molecule has 20 heavy (non-hydrogen) atoms. The summed E-state index contributed by atoms with van der Waals surface area (Å²) in [5, 5.41) is 3.73. The fourth-order valence-corrected chi connectivity index (χ4v) is 2.94. The average molecular weight is 317 g/mol. The average Bonchev–Trinajstić information content (AvgIpc) is 2.90. The molecule has 1 aromatic carbocycles. The Hall–Kier alpha value is -0.770. The molecule has 1 aromatic rings. The van der Waals surface area contributed by atoms with Gasteiger partial charge in [-0.05, 0) is 37.5 Å². The molecule has 0 spiro atoms. The standard InChI is InChI=1S/C15H21ClN2O.ClH/c1-11(10-17)18-14(19)15(8-2-3-9-15)12-4-6-13(16)7-5-12;/h4-7,11H,2-3,8-10,17H2,1H3,(H,18,19);1H/t11-;/m0./s1. The van der Waals surface area contributed by atoms with E-state index in [4.69, 9.17) is 17.3 Å². The molecule has 3 N–H and O–H groups in total. The minimum absolute atomic E-state index is 0. The van der Waals surface area contributed by atoms with Crippen molar-refractivity contribution in [2.75, 3.05) is 6.54 Å². The van der Waals surface area contributed by atoms with Crippen LogP contribution in [0.4, 0.5) is 0 Å². The highest BCUT2D eigenvalue weighted by molar-refractivity contribution is 6.30. The summed E-state index contributed by atoms with van der Waals surface area (Å²) < 4.78 is 0. The molecule has 5 heteroatoms. The second-order valence-corrected chi connectivity index (χ2v) is 5.84. The van der Waals surface area contributed by atoms with Gasteiger partial charge in [-0.2, -0.15) is 0 Å². The van der Waals surface area contributed by atoms with E-state index in [1.54, 1.807) is 0 Å². The first kappa shape index (κ1) is 17.3. The maximum absolute atomic E-state index is 12.6. The van der Waals surface area contributed by atoms with Gasteiger partial charge in [-0.3, -0.25) is 4.79 Å². The van der Waals surface area contributed by atoms with Gasteiger partial charge in [-0.25, -0.2) is 0 Å². The zero-order chi connectivity index (χ0) is 13.9. The molecule has 2 rings (SSSR count). The van der Waals surface area contributed by atoms with Gasteiger partial charge in [0.05, 0.1) is 5.41 Å². The lowest BCUT2D eigenvalue weighted by Crippen LogP contribution is -2.48. The van der Waals surface area contributed by atoms with E-state index in [0.717, 1.165) is 31.2 Å². The number of hydrogen-bond acceptors (Lipinski definition) is 2. The first-order valence-electron chi connectivity index (χ1n) is 6.85. The highest BCUT2D eigenvalue weighted by atomic mass is 35.5. The van der Waals surface area contributed by atoms with Crippen LogP contribution in [0.1, 0.15) is 38.2 Å². The Labute approximate surface area is 131 Å². The van der Waals surface area contributed by atoms with E-state index in [1.165, 1.54) is 0 Å². The number of hydrogen-bond donors (Lipinski definition) is 2. The summed E-state index contributed by atoms with van der Waals surface area (Å²) in [6, 6.07) is 7.67. The van der Waals surface area contributed by atoms with Gasteiger partial charge in [-0.1, -0.05) is 36.6 Å². The Kier molecular flexibility index (Phi) is 6.31. The molecule has 1 aliphatic rings. The third-order valence-corrected chi connectivity index (χ3v) is 4.27. The van der Waals surface area contributed by atoms with E-state index < -0.39 is 5.41 Å². The molecule has 1 atom stereocenters.